The molecule has 0 aromatic carbocycles. The molecular formula is C4H9FNO5P. The van der Waals surface area contributed by atoms with E-state index in [0.29, 0.717) is 0 Å². The van der Waals surface area contributed by atoms with Gasteiger partial charge in [-0.1, -0.05) is 0 Å². The van der Waals surface area contributed by atoms with Gasteiger partial charge in [0.1, 0.15) is 6.04 Å². The Morgan fingerprint density at radius 1 is 1.58 bits per heavy atom. The van der Waals surface area contributed by atoms with E-state index in [0.717, 1.165) is 0 Å². The fourth-order valence-electron chi connectivity index (χ4n) is 0.448. The van der Waals surface area contributed by atoms with Crippen molar-refractivity contribution in [1.29, 1.82) is 0 Å². The Labute approximate surface area is 67.3 Å². The van der Waals surface area contributed by atoms with Gasteiger partial charge in [0.05, 0.1) is 0 Å². The Bertz CT molecular complexity index is 215. The highest BCUT2D eigenvalue weighted by atomic mass is 31.2. The highest BCUT2D eigenvalue weighted by Gasteiger charge is 2.32. The molecule has 0 heterocycles. The standard InChI is InChI=1S/C4H9FNO5P/c5-3(12(9,10)11)1-2(6)4(7)8/h2-3H,1,6H2,(H,7,8)(H2,9,10,11)/t2-,3-/m0/s1. The first-order valence-corrected chi connectivity index (χ1v) is 4.61. The van der Waals surface area contributed by atoms with Gasteiger partial charge in [0, 0.05) is 6.42 Å². The van der Waals surface area contributed by atoms with Gasteiger partial charge in [-0.3, -0.25) is 9.36 Å². The molecule has 72 valence electrons. The monoisotopic (exact) mass is 201 g/mol. The van der Waals surface area contributed by atoms with Gasteiger partial charge >= 0.3 is 13.6 Å². The average Bonchev–Trinajstić information content (AvgIpc) is 1.85. The van der Waals surface area contributed by atoms with Crippen LogP contribution in [0, 0.1) is 0 Å². The van der Waals surface area contributed by atoms with Crippen molar-refractivity contribution in [2.24, 2.45) is 5.73 Å². The number of alkyl halides is 1. The number of carbonyl (C=O) groups is 1. The third-order valence-electron chi connectivity index (χ3n) is 1.13. The van der Waals surface area contributed by atoms with Crippen molar-refractivity contribution in [3.63, 3.8) is 0 Å². The van der Waals surface area contributed by atoms with Gasteiger partial charge in [0.15, 0.2) is 0 Å². The predicted molar refractivity (Wildman–Crippen MR) is 37.2 cm³/mol. The number of rotatable bonds is 4. The lowest BCUT2D eigenvalue weighted by Crippen LogP contribution is -2.32. The van der Waals surface area contributed by atoms with Crippen LogP contribution in [0.15, 0.2) is 0 Å². The second-order valence-corrected chi connectivity index (χ2v) is 3.94. The molecule has 8 heteroatoms. The van der Waals surface area contributed by atoms with Crippen LogP contribution in [0.1, 0.15) is 6.42 Å². The summed E-state index contributed by atoms with van der Waals surface area (Å²) in [6.07, 6.45) is -0.889. The highest BCUT2D eigenvalue weighted by molar-refractivity contribution is 7.52. The predicted octanol–water partition coefficient (Wildman–Crippen LogP) is -0.738. The summed E-state index contributed by atoms with van der Waals surface area (Å²) in [6.45, 7) is 0. The molecule has 0 saturated heterocycles. The summed E-state index contributed by atoms with van der Waals surface area (Å²) < 4.78 is 22.6. The average molecular weight is 201 g/mol. The topological polar surface area (TPSA) is 121 Å². The second-order valence-electron chi connectivity index (χ2n) is 2.20. The van der Waals surface area contributed by atoms with Crippen molar-refractivity contribution >= 4 is 13.6 Å². The van der Waals surface area contributed by atoms with Crippen LogP contribution in [0.5, 0.6) is 0 Å². The van der Waals surface area contributed by atoms with E-state index in [9.17, 15) is 13.8 Å². The van der Waals surface area contributed by atoms with Crippen LogP contribution in [0.3, 0.4) is 0 Å². The number of hydrogen-bond acceptors (Lipinski definition) is 3. The molecule has 0 unspecified atom stereocenters. The van der Waals surface area contributed by atoms with E-state index >= 15 is 0 Å². The SMILES string of the molecule is N[C@@H](C[C@@H](F)P(=O)(O)O)C(=O)O. The maximum Gasteiger partial charge on any atom is 0.359 e. The summed E-state index contributed by atoms with van der Waals surface area (Å²) in [6, 6.07) is -1.59. The first-order chi connectivity index (χ1) is 5.25. The molecule has 0 rings (SSSR count). The summed E-state index contributed by atoms with van der Waals surface area (Å²) in [5, 5.41) is 8.15. The van der Waals surface area contributed by atoms with Gasteiger partial charge in [0.2, 0.25) is 5.91 Å². The molecule has 6 nitrogen and oxygen atoms in total. The molecule has 0 bridgehead atoms. The molecule has 5 N–H and O–H groups in total. The quantitative estimate of drug-likeness (QED) is 0.444. The lowest BCUT2D eigenvalue weighted by molar-refractivity contribution is -0.138. The maximum atomic E-state index is 12.4. The van der Waals surface area contributed by atoms with E-state index in [4.69, 9.17) is 20.6 Å². The summed E-state index contributed by atoms with van der Waals surface area (Å²) in [5.41, 5.74) is 4.83. The molecule has 0 radical (unpaired) electrons. The lowest BCUT2D eigenvalue weighted by Gasteiger charge is -2.11. The summed E-state index contributed by atoms with van der Waals surface area (Å²) in [4.78, 5) is 26.4. The number of hydrogen-bond donors (Lipinski definition) is 4. The second kappa shape index (κ2) is 3.95. The van der Waals surface area contributed by atoms with Crippen LogP contribution in [0.2, 0.25) is 0 Å². The van der Waals surface area contributed by atoms with Gasteiger partial charge in [-0.05, 0) is 0 Å². The zero-order chi connectivity index (χ0) is 9.94. The molecule has 0 fully saturated rings. The van der Waals surface area contributed by atoms with Crippen LogP contribution in [0.25, 0.3) is 0 Å². The Hall–Kier alpha value is -0.490. The number of halogens is 1. The molecule has 0 aromatic rings. The molecule has 12 heavy (non-hydrogen) atoms. The fraction of sp³-hybridized carbons (Fsp3) is 0.750. The van der Waals surface area contributed by atoms with Crippen molar-refractivity contribution in [3.8, 4) is 0 Å². The summed E-state index contributed by atoms with van der Waals surface area (Å²) >= 11 is 0. The van der Waals surface area contributed by atoms with E-state index in [1.54, 1.807) is 0 Å². The molecule has 0 spiro atoms. The van der Waals surface area contributed by atoms with Crippen molar-refractivity contribution in [1.82, 2.24) is 0 Å². The smallest absolute Gasteiger partial charge is 0.359 e. The van der Waals surface area contributed by atoms with Crippen LogP contribution in [-0.4, -0.2) is 32.8 Å². The maximum absolute atomic E-state index is 12.4. The van der Waals surface area contributed by atoms with E-state index in [-0.39, 0.29) is 0 Å². The van der Waals surface area contributed by atoms with Crippen molar-refractivity contribution in [3.05, 3.63) is 0 Å². The molecule has 0 aliphatic heterocycles. The molecule has 0 aliphatic carbocycles. The van der Waals surface area contributed by atoms with Gasteiger partial charge in [-0.15, -0.1) is 0 Å². The minimum Gasteiger partial charge on any atom is -0.480 e. The van der Waals surface area contributed by atoms with Crippen LogP contribution >= 0.6 is 7.60 Å². The zero-order valence-corrected chi connectivity index (χ0v) is 6.82. The zero-order valence-electron chi connectivity index (χ0n) is 5.92. The van der Waals surface area contributed by atoms with Crippen molar-refractivity contribution in [2.75, 3.05) is 0 Å². The number of carboxylic acids is 1. The van der Waals surface area contributed by atoms with Gasteiger partial charge in [0.25, 0.3) is 0 Å². The van der Waals surface area contributed by atoms with E-state index in [1.807, 2.05) is 0 Å². The molecule has 0 aromatic heterocycles. The van der Waals surface area contributed by atoms with Gasteiger partial charge in [-0.25, -0.2) is 4.39 Å². The van der Waals surface area contributed by atoms with E-state index in [2.05, 4.69) is 0 Å². The molecule has 0 saturated carbocycles. The van der Waals surface area contributed by atoms with Crippen molar-refractivity contribution < 1.29 is 28.6 Å². The summed E-state index contributed by atoms with van der Waals surface area (Å²) in [5.74, 6) is -4.00. The van der Waals surface area contributed by atoms with Crippen molar-refractivity contribution in [2.45, 2.75) is 18.4 Å². The molecule has 0 amide bonds. The minimum atomic E-state index is -4.86. The Kier molecular flexibility index (Phi) is 3.79. The highest BCUT2D eigenvalue weighted by Crippen LogP contribution is 2.43. The van der Waals surface area contributed by atoms with Crippen LogP contribution in [0.4, 0.5) is 4.39 Å². The van der Waals surface area contributed by atoms with Crippen LogP contribution < -0.4 is 5.73 Å². The normalized spacial score (nSPS) is 17.0. The number of nitrogens with two attached hydrogens (primary N) is 1. The molecular weight excluding hydrogens is 192 g/mol. The Balaban J connectivity index is 4.11. The largest absolute Gasteiger partial charge is 0.480 e. The number of carboxylic acid groups (broad SMARTS) is 1. The molecule has 0 aliphatic rings. The van der Waals surface area contributed by atoms with Gasteiger partial charge in [-0.2, -0.15) is 0 Å². The number of aliphatic carboxylic acids is 1. The van der Waals surface area contributed by atoms with E-state index < -0.39 is 31.9 Å². The third-order valence-corrected chi connectivity index (χ3v) is 2.07. The Morgan fingerprint density at radius 2 is 2.00 bits per heavy atom. The third kappa shape index (κ3) is 3.77. The first-order valence-electron chi connectivity index (χ1n) is 2.93. The molecule has 2 atom stereocenters. The van der Waals surface area contributed by atoms with E-state index in [1.165, 1.54) is 0 Å². The minimum absolute atomic E-state index is 0.889. The fourth-order valence-corrected chi connectivity index (χ4v) is 0.949. The first kappa shape index (κ1) is 11.5. The Morgan fingerprint density at radius 3 is 2.25 bits per heavy atom. The van der Waals surface area contributed by atoms with Crippen LogP contribution in [-0.2, 0) is 9.36 Å². The lowest BCUT2D eigenvalue weighted by atomic mass is 10.2. The summed E-state index contributed by atoms with van der Waals surface area (Å²) in [7, 11) is -4.86. The van der Waals surface area contributed by atoms with Gasteiger partial charge < -0.3 is 20.6 Å².